The molecule has 0 aliphatic carbocycles. The highest BCUT2D eigenvalue weighted by Crippen LogP contribution is 2.23. The Morgan fingerprint density at radius 2 is 1.72 bits per heavy atom. The van der Waals surface area contributed by atoms with E-state index in [1.807, 2.05) is 0 Å². The number of hydrazine groups is 1. The van der Waals surface area contributed by atoms with Crippen molar-refractivity contribution in [3.8, 4) is 5.75 Å². The predicted octanol–water partition coefficient (Wildman–Crippen LogP) is 4.57. The Balaban J connectivity index is 1.69. The standard InChI is InChI=1S/C19H13ClF4N6O2/c20-12-9-25-17(26-10-12)28-16(11-2-1-3-13(21)8-11)29-30-18(31)27-14-4-6-15(7-5-14)32-19(22,23)24/h1-10H,(H2,27,30,31)(H,25,26,28,29). The van der Waals surface area contributed by atoms with Crippen LogP contribution >= 0.6 is 11.6 Å². The molecule has 1 heterocycles. The molecule has 3 N–H and O–H groups in total. The fourth-order valence-corrected chi connectivity index (χ4v) is 2.38. The average molecular weight is 469 g/mol. The number of amidine groups is 1. The Labute approximate surface area is 183 Å². The molecule has 166 valence electrons. The summed E-state index contributed by atoms with van der Waals surface area (Å²) in [4.78, 5) is 24.1. The van der Waals surface area contributed by atoms with Gasteiger partial charge in [-0.1, -0.05) is 23.7 Å². The third kappa shape index (κ3) is 7.09. The van der Waals surface area contributed by atoms with Crippen LogP contribution in [-0.4, -0.2) is 28.2 Å². The van der Waals surface area contributed by atoms with Crippen LogP contribution in [0.2, 0.25) is 5.02 Å². The number of ether oxygens (including phenoxy) is 1. The van der Waals surface area contributed by atoms with Gasteiger partial charge in [-0.25, -0.2) is 19.2 Å². The maximum absolute atomic E-state index is 13.6. The molecule has 0 aliphatic heterocycles. The van der Waals surface area contributed by atoms with Crippen molar-refractivity contribution < 1.29 is 27.1 Å². The van der Waals surface area contributed by atoms with Crippen LogP contribution in [0.25, 0.3) is 0 Å². The number of aliphatic imine (C=N–C) groups is 1. The van der Waals surface area contributed by atoms with Crippen LogP contribution in [0.1, 0.15) is 5.56 Å². The Morgan fingerprint density at radius 1 is 1.03 bits per heavy atom. The van der Waals surface area contributed by atoms with E-state index < -0.39 is 24.0 Å². The SMILES string of the molecule is O=C(NN/C(=N/c1ncc(Cl)cn1)c1cccc(F)c1)Nc1ccc(OC(F)(F)F)cc1. The number of alkyl halides is 3. The van der Waals surface area contributed by atoms with Crippen molar-refractivity contribution >= 4 is 35.1 Å². The molecule has 0 atom stereocenters. The highest BCUT2D eigenvalue weighted by molar-refractivity contribution is 6.30. The number of hydrogen-bond acceptors (Lipinski definition) is 5. The van der Waals surface area contributed by atoms with Gasteiger partial charge in [0.1, 0.15) is 11.6 Å². The lowest BCUT2D eigenvalue weighted by Crippen LogP contribution is -2.44. The number of halogens is 5. The molecule has 1 aromatic heterocycles. The zero-order chi connectivity index (χ0) is 23.1. The van der Waals surface area contributed by atoms with Gasteiger partial charge in [0.25, 0.3) is 5.95 Å². The van der Waals surface area contributed by atoms with Crippen LogP contribution in [0, 0.1) is 5.82 Å². The number of aromatic nitrogens is 2. The predicted molar refractivity (Wildman–Crippen MR) is 108 cm³/mol. The van der Waals surface area contributed by atoms with Crippen molar-refractivity contribution in [3.05, 3.63) is 77.3 Å². The van der Waals surface area contributed by atoms with E-state index in [-0.39, 0.29) is 28.1 Å². The third-order valence-corrected chi connectivity index (χ3v) is 3.75. The Morgan fingerprint density at radius 3 is 2.34 bits per heavy atom. The van der Waals surface area contributed by atoms with Crippen LogP contribution in [0.15, 0.2) is 65.9 Å². The molecule has 8 nitrogen and oxygen atoms in total. The molecule has 0 aliphatic rings. The van der Waals surface area contributed by atoms with E-state index in [9.17, 15) is 22.4 Å². The van der Waals surface area contributed by atoms with Crippen molar-refractivity contribution in [1.82, 2.24) is 20.8 Å². The Hall–Kier alpha value is -3.93. The lowest BCUT2D eigenvalue weighted by atomic mass is 10.2. The second-order valence-electron chi connectivity index (χ2n) is 5.95. The number of nitrogens with zero attached hydrogens (tertiary/aromatic N) is 3. The number of carbonyl (C=O) groups excluding carboxylic acids is 1. The molecule has 13 heteroatoms. The first kappa shape index (κ1) is 22.7. The molecule has 0 unspecified atom stereocenters. The first-order valence-electron chi connectivity index (χ1n) is 8.69. The molecule has 0 bridgehead atoms. The van der Waals surface area contributed by atoms with E-state index in [0.29, 0.717) is 0 Å². The number of amides is 2. The van der Waals surface area contributed by atoms with Crippen molar-refractivity contribution in [2.45, 2.75) is 6.36 Å². The van der Waals surface area contributed by atoms with Crippen LogP contribution < -0.4 is 20.9 Å². The largest absolute Gasteiger partial charge is 0.573 e. The molecule has 3 aromatic rings. The highest BCUT2D eigenvalue weighted by Gasteiger charge is 2.30. The van der Waals surface area contributed by atoms with Gasteiger partial charge in [-0.2, -0.15) is 4.99 Å². The lowest BCUT2D eigenvalue weighted by Gasteiger charge is -2.13. The van der Waals surface area contributed by atoms with Crippen LogP contribution in [0.5, 0.6) is 5.75 Å². The molecule has 0 saturated carbocycles. The number of carbonyl (C=O) groups is 1. The summed E-state index contributed by atoms with van der Waals surface area (Å²) < 4.78 is 54.0. The second kappa shape index (κ2) is 9.92. The van der Waals surface area contributed by atoms with Gasteiger partial charge in [0, 0.05) is 11.3 Å². The van der Waals surface area contributed by atoms with E-state index >= 15 is 0 Å². The maximum Gasteiger partial charge on any atom is 0.573 e. The molecule has 2 aromatic carbocycles. The van der Waals surface area contributed by atoms with Gasteiger partial charge in [-0.15, -0.1) is 13.2 Å². The van der Waals surface area contributed by atoms with Gasteiger partial charge in [0.15, 0.2) is 5.84 Å². The van der Waals surface area contributed by atoms with Crippen LogP contribution in [0.3, 0.4) is 0 Å². The Bertz CT molecular complexity index is 1110. The average Bonchev–Trinajstić information content (AvgIpc) is 2.73. The summed E-state index contributed by atoms with van der Waals surface area (Å²) in [6, 6.07) is 9.08. The van der Waals surface area contributed by atoms with Crippen LogP contribution in [-0.2, 0) is 0 Å². The molecule has 2 amide bonds. The number of hydrogen-bond donors (Lipinski definition) is 3. The minimum absolute atomic E-state index is 0.0101. The molecule has 32 heavy (non-hydrogen) atoms. The minimum atomic E-state index is -4.82. The van der Waals surface area contributed by atoms with E-state index in [1.54, 1.807) is 0 Å². The van der Waals surface area contributed by atoms with Crippen molar-refractivity contribution in [2.24, 2.45) is 4.99 Å². The number of rotatable bonds is 4. The van der Waals surface area contributed by atoms with Crippen LogP contribution in [0.4, 0.5) is 34.0 Å². The van der Waals surface area contributed by atoms with Gasteiger partial charge in [-0.3, -0.25) is 10.9 Å². The fourth-order valence-electron chi connectivity index (χ4n) is 2.28. The molecular weight excluding hydrogens is 456 g/mol. The summed E-state index contributed by atoms with van der Waals surface area (Å²) in [5.74, 6) is -0.982. The summed E-state index contributed by atoms with van der Waals surface area (Å²) in [5.41, 5.74) is 5.27. The van der Waals surface area contributed by atoms with Gasteiger partial charge in [0.2, 0.25) is 0 Å². The molecule has 0 saturated heterocycles. The van der Waals surface area contributed by atoms with Gasteiger partial charge in [0.05, 0.1) is 17.4 Å². The van der Waals surface area contributed by atoms with Crippen molar-refractivity contribution in [2.75, 3.05) is 5.32 Å². The summed E-state index contributed by atoms with van der Waals surface area (Å²) in [6.07, 6.45) is -2.21. The summed E-state index contributed by atoms with van der Waals surface area (Å²) in [6.45, 7) is 0. The normalized spacial score (nSPS) is 11.6. The first-order chi connectivity index (χ1) is 15.2. The maximum atomic E-state index is 13.6. The van der Waals surface area contributed by atoms with E-state index in [4.69, 9.17) is 11.6 Å². The van der Waals surface area contributed by atoms with E-state index in [1.165, 1.54) is 48.8 Å². The second-order valence-corrected chi connectivity index (χ2v) is 6.38. The molecular formula is C19H13ClF4N6O2. The molecule has 0 radical (unpaired) electrons. The summed E-state index contributed by atoms with van der Waals surface area (Å²) >= 11 is 5.74. The molecule has 0 fully saturated rings. The van der Waals surface area contributed by atoms with E-state index in [0.717, 1.165) is 12.1 Å². The van der Waals surface area contributed by atoms with Gasteiger partial charge >= 0.3 is 12.4 Å². The number of nitrogens with one attached hydrogen (secondary N) is 3. The Kier molecular flexibility index (Phi) is 7.05. The van der Waals surface area contributed by atoms with Gasteiger partial charge < -0.3 is 10.1 Å². The van der Waals surface area contributed by atoms with Gasteiger partial charge in [-0.05, 0) is 36.4 Å². The minimum Gasteiger partial charge on any atom is -0.406 e. The number of urea groups is 1. The summed E-state index contributed by atoms with van der Waals surface area (Å²) in [5, 5.41) is 2.68. The molecule has 3 rings (SSSR count). The topological polar surface area (TPSA) is 101 Å². The quantitative estimate of drug-likeness (QED) is 0.225. The zero-order valence-electron chi connectivity index (χ0n) is 15.8. The lowest BCUT2D eigenvalue weighted by molar-refractivity contribution is -0.274. The fraction of sp³-hybridized carbons (Fsp3) is 0.0526. The highest BCUT2D eigenvalue weighted by atomic mass is 35.5. The number of benzene rings is 2. The zero-order valence-corrected chi connectivity index (χ0v) is 16.6. The smallest absolute Gasteiger partial charge is 0.406 e. The monoisotopic (exact) mass is 468 g/mol. The van der Waals surface area contributed by atoms with Crippen molar-refractivity contribution in [1.29, 1.82) is 0 Å². The molecule has 0 spiro atoms. The summed E-state index contributed by atoms with van der Waals surface area (Å²) in [7, 11) is 0. The number of anilines is 1. The third-order valence-electron chi connectivity index (χ3n) is 3.56. The van der Waals surface area contributed by atoms with Crippen molar-refractivity contribution in [3.63, 3.8) is 0 Å². The first-order valence-corrected chi connectivity index (χ1v) is 9.07. The van der Waals surface area contributed by atoms with E-state index in [2.05, 4.69) is 35.9 Å².